The summed E-state index contributed by atoms with van der Waals surface area (Å²) in [5.41, 5.74) is 0.900. The lowest BCUT2D eigenvalue weighted by molar-refractivity contribution is 0.196. The molecule has 7 nitrogen and oxygen atoms in total. The molecule has 0 saturated heterocycles. The third kappa shape index (κ3) is 6.29. The smallest absolute Gasteiger partial charge is 0.319 e. The van der Waals surface area contributed by atoms with Gasteiger partial charge in [-0.25, -0.2) is 9.18 Å². The number of aromatic nitrogens is 1. The van der Waals surface area contributed by atoms with Gasteiger partial charge in [-0.1, -0.05) is 20.3 Å². The number of halogens is 2. The van der Waals surface area contributed by atoms with Crippen LogP contribution in [0.3, 0.4) is 0 Å². The van der Waals surface area contributed by atoms with Crippen LogP contribution >= 0.6 is 11.6 Å². The molecule has 4 rings (SSSR count). The second-order valence-electron chi connectivity index (χ2n) is 9.67. The van der Waals surface area contributed by atoms with Crippen LogP contribution in [0.25, 0.3) is 10.9 Å². The van der Waals surface area contributed by atoms with E-state index in [-0.39, 0.29) is 22.9 Å². The predicted octanol–water partition coefficient (Wildman–Crippen LogP) is 6.88. The Bertz CT molecular complexity index is 1240. The molecule has 36 heavy (non-hydrogen) atoms. The highest BCUT2D eigenvalue weighted by atomic mass is 35.5. The summed E-state index contributed by atoms with van der Waals surface area (Å²) in [6.45, 7) is 4.73. The van der Waals surface area contributed by atoms with Gasteiger partial charge in [0.25, 0.3) is 0 Å². The zero-order chi connectivity index (χ0) is 25.7. The molecule has 0 radical (unpaired) electrons. The molecule has 9 heteroatoms. The summed E-state index contributed by atoms with van der Waals surface area (Å²) in [6.07, 6.45) is 5.64. The van der Waals surface area contributed by atoms with E-state index < -0.39 is 11.8 Å². The lowest BCUT2D eigenvalue weighted by Gasteiger charge is -2.35. The number of amides is 2. The van der Waals surface area contributed by atoms with Crippen molar-refractivity contribution in [1.82, 2.24) is 10.3 Å². The highest BCUT2D eigenvalue weighted by molar-refractivity contribution is 6.18. The lowest BCUT2D eigenvalue weighted by atomic mass is 9.75. The maximum absolute atomic E-state index is 14.8. The molecule has 0 spiro atoms. The molecule has 3 aromatic rings. The van der Waals surface area contributed by atoms with Crippen LogP contribution in [0.4, 0.5) is 14.9 Å². The van der Waals surface area contributed by atoms with Crippen LogP contribution in [-0.4, -0.2) is 36.7 Å². The number of anilines is 1. The number of urea groups is 1. The van der Waals surface area contributed by atoms with E-state index in [1.165, 1.54) is 19.2 Å². The number of carbonyl (C=O) groups is 1. The fourth-order valence-corrected chi connectivity index (χ4v) is 4.67. The van der Waals surface area contributed by atoms with Crippen LogP contribution < -0.4 is 24.8 Å². The van der Waals surface area contributed by atoms with Gasteiger partial charge in [0.15, 0.2) is 11.5 Å². The largest absolute Gasteiger partial charge is 0.493 e. The number of alkyl halides is 1. The topological polar surface area (TPSA) is 81.7 Å². The molecule has 1 aromatic heterocycles. The van der Waals surface area contributed by atoms with E-state index in [9.17, 15) is 9.18 Å². The number of nitrogens with zero attached hydrogens (tertiary/aromatic N) is 1. The molecule has 2 amide bonds. The summed E-state index contributed by atoms with van der Waals surface area (Å²) in [6, 6.07) is 9.17. The summed E-state index contributed by atoms with van der Waals surface area (Å²) in [5, 5.41) is 6.25. The number of benzene rings is 2. The monoisotopic (exact) mass is 515 g/mol. The number of hydrogen-bond donors (Lipinski definition) is 2. The number of nitrogens with one attached hydrogen (secondary N) is 2. The highest BCUT2D eigenvalue weighted by Crippen LogP contribution is 2.38. The first kappa shape index (κ1) is 25.8. The van der Waals surface area contributed by atoms with Crippen molar-refractivity contribution in [3.05, 3.63) is 48.4 Å². The zero-order valence-electron chi connectivity index (χ0n) is 20.7. The van der Waals surface area contributed by atoms with Gasteiger partial charge in [0.1, 0.15) is 23.9 Å². The molecule has 0 bridgehead atoms. The Morgan fingerprint density at radius 2 is 2.03 bits per heavy atom. The van der Waals surface area contributed by atoms with Crippen LogP contribution in [0.2, 0.25) is 0 Å². The van der Waals surface area contributed by atoms with Crippen molar-refractivity contribution >= 4 is 34.2 Å². The Morgan fingerprint density at radius 1 is 1.19 bits per heavy atom. The van der Waals surface area contributed by atoms with E-state index in [1.54, 1.807) is 30.5 Å². The van der Waals surface area contributed by atoms with Gasteiger partial charge in [-0.05, 0) is 48.9 Å². The molecular weight excluding hydrogens is 485 g/mol. The number of rotatable bonds is 8. The molecule has 1 fully saturated rings. The molecule has 1 aliphatic rings. The Labute approximate surface area is 215 Å². The third-order valence-corrected chi connectivity index (χ3v) is 6.43. The van der Waals surface area contributed by atoms with Crippen LogP contribution in [0.1, 0.15) is 39.5 Å². The maximum atomic E-state index is 14.8. The van der Waals surface area contributed by atoms with Crippen molar-refractivity contribution in [3.8, 4) is 23.0 Å². The standard InChI is InChI=1S/C27H31ClFN3O4/c1-27(2)9-4-5-17(16-27)31-26(33)32-21-7-6-18(13-20(21)29)36-23-8-11-30-22-15-25(35-12-10-28)24(34-3)14-19(22)23/h6-8,11,13-15,17H,4-5,9-10,12,16H2,1-3H3,(H2,31,32,33). The molecule has 1 heterocycles. The first-order valence-corrected chi connectivity index (χ1v) is 12.5. The van der Waals surface area contributed by atoms with E-state index in [1.807, 2.05) is 0 Å². The summed E-state index contributed by atoms with van der Waals surface area (Å²) in [4.78, 5) is 16.8. The van der Waals surface area contributed by atoms with Crippen LogP contribution in [0, 0.1) is 11.2 Å². The van der Waals surface area contributed by atoms with Crippen molar-refractivity contribution in [2.45, 2.75) is 45.6 Å². The second-order valence-corrected chi connectivity index (χ2v) is 10.0. The Kier molecular flexibility index (Phi) is 8.04. The zero-order valence-corrected chi connectivity index (χ0v) is 21.5. The normalized spacial score (nSPS) is 16.9. The first-order valence-electron chi connectivity index (χ1n) is 12.0. The number of hydrogen-bond acceptors (Lipinski definition) is 5. The molecule has 1 saturated carbocycles. The predicted molar refractivity (Wildman–Crippen MR) is 139 cm³/mol. The summed E-state index contributed by atoms with van der Waals surface area (Å²) in [7, 11) is 1.54. The second kappa shape index (κ2) is 11.2. The number of pyridine rings is 1. The summed E-state index contributed by atoms with van der Waals surface area (Å²) in [5.74, 6) is 1.52. The van der Waals surface area contributed by atoms with Gasteiger partial charge in [0, 0.05) is 29.8 Å². The van der Waals surface area contributed by atoms with Crippen molar-refractivity contribution in [3.63, 3.8) is 0 Å². The average molecular weight is 516 g/mol. The molecule has 192 valence electrons. The van der Waals surface area contributed by atoms with Crippen molar-refractivity contribution in [2.24, 2.45) is 5.41 Å². The van der Waals surface area contributed by atoms with Crippen LogP contribution in [0.5, 0.6) is 23.0 Å². The lowest BCUT2D eigenvalue weighted by Crippen LogP contribution is -2.42. The fourth-order valence-electron chi connectivity index (χ4n) is 4.59. The molecule has 2 aromatic carbocycles. The van der Waals surface area contributed by atoms with Gasteiger partial charge >= 0.3 is 6.03 Å². The van der Waals surface area contributed by atoms with Crippen molar-refractivity contribution in [1.29, 1.82) is 0 Å². The molecular formula is C27H31ClFN3O4. The summed E-state index contributed by atoms with van der Waals surface area (Å²) >= 11 is 5.73. The molecule has 1 atom stereocenters. The van der Waals surface area contributed by atoms with Crippen LogP contribution in [0.15, 0.2) is 42.6 Å². The van der Waals surface area contributed by atoms with E-state index in [0.717, 1.165) is 25.7 Å². The van der Waals surface area contributed by atoms with E-state index in [2.05, 4.69) is 29.5 Å². The minimum Gasteiger partial charge on any atom is -0.493 e. The Hall–Kier alpha value is -3.26. The Morgan fingerprint density at radius 3 is 2.75 bits per heavy atom. The maximum Gasteiger partial charge on any atom is 0.319 e. The van der Waals surface area contributed by atoms with Gasteiger partial charge in [-0.2, -0.15) is 0 Å². The average Bonchev–Trinajstić information content (AvgIpc) is 2.83. The van der Waals surface area contributed by atoms with Crippen molar-refractivity contribution in [2.75, 3.05) is 24.9 Å². The van der Waals surface area contributed by atoms with Gasteiger partial charge in [-0.3, -0.25) is 4.98 Å². The molecule has 1 aliphatic carbocycles. The van der Waals surface area contributed by atoms with E-state index >= 15 is 0 Å². The molecule has 1 unspecified atom stereocenters. The first-order chi connectivity index (χ1) is 17.3. The molecule has 2 N–H and O–H groups in total. The minimum atomic E-state index is -0.598. The number of fused-ring (bicyclic) bond motifs is 1. The van der Waals surface area contributed by atoms with Gasteiger partial charge in [-0.15, -0.1) is 11.6 Å². The van der Waals surface area contributed by atoms with Crippen LogP contribution in [-0.2, 0) is 0 Å². The number of ether oxygens (including phenoxy) is 3. The van der Waals surface area contributed by atoms with Gasteiger partial charge < -0.3 is 24.8 Å². The van der Waals surface area contributed by atoms with Gasteiger partial charge in [0.05, 0.1) is 24.2 Å². The summed E-state index contributed by atoms with van der Waals surface area (Å²) < 4.78 is 31.9. The highest BCUT2D eigenvalue weighted by Gasteiger charge is 2.28. The number of methoxy groups -OCH3 is 1. The van der Waals surface area contributed by atoms with E-state index in [0.29, 0.717) is 40.6 Å². The third-order valence-electron chi connectivity index (χ3n) is 6.28. The quantitative estimate of drug-likeness (QED) is 0.319. The van der Waals surface area contributed by atoms with Gasteiger partial charge in [0.2, 0.25) is 0 Å². The fraction of sp³-hybridized carbons (Fsp3) is 0.407. The minimum absolute atomic E-state index is 0.0808. The van der Waals surface area contributed by atoms with E-state index in [4.69, 9.17) is 25.8 Å². The SMILES string of the molecule is COc1cc2c(Oc3ccc(NC(=O)NC4CCCC(C)(C)C4)c(F)c3)ccnc2cc1OCCCl. The number of carbonyl (C=O) groups excluding carboxylic acids is 1. The molecule has 0 aliphatic heterocycles. The Balaban J connectivity index is 1.47. The van der Waals surface area contributed by atoms with Crippen molar-refractivity contribution < 1.29 is 23.4 Å².